The van der Waals surface area contributed by atoms with Crippen molar-refractivity contribution in [1.82, 2.24) is 4.98 Å². The zero-order chi connectivity index (χ0) is 15.5. The fraction of sp³-hybridized carbons (Fsp3) is 0.462. The number of pyridine rings is 1. The molecule has 0 aliphatic carbocycles. The highest BCUT2D eigenvalue weighted by Gasteiger charge is 2.26. The molecule has 1 rings (SSSR count). The van der Waals surface area contributed by atoms with Crippen molar-refractivity contribution in [3.8, 4) is 0 Å². The Morgan fingerprint density at radius 1 is 1.45 bits per heavy atom. The van der Waals surface area contributed by atoms with E-state index >= 15 is 0 Å². The Labute approximate surface area is 121 Å². The largest absolute Gasteiger partial charge is 0.481 e. The van der Waals surface area contributed by atoms with Crippen LogP contribution in [0.2, 0.25) is 5.15 Å². The van der Waals surface area contributed by atoms with Gasteiger partial charge >= 0.3 is 5.97 Å². The molecule has 1 aromatic rings. The van der Waals surface area contributed by atoms with Gasteiger partial charge in [0.1, 0.15) is 11.1 Å². The van der Waals surface area contributed by atoms with Gasteiger partial charge in [0.15, 0.2) is 0 Å². The highest BCUT2D eigenvalue weighted by molar-refractivity contribution is 6.29. The van der Waals surface area contributed by atoms with Crippen molar-refractivity contribution in [2.45, 2.75) is 26.7 Å². The molecule has 1 atom stereocenters. The van der Waals surface area contributed by atoms with Gasteiger partial charge in [-0.25, -0.2) is 4.98 Å². The number of nitrogens with zero attached hydrogens (tertiary/aromatic N) is 1. The summed E-state index contributed by atoms with van der Waals surface area (Å²) < 4.78 is 0. The Morgan fingerprint density at radius 3 is 2.50 bits per heavy atom. The molecule has 20 heavy (non-hydrogen) atoms. The van der Waals surface area contributed by atoms with Gasteiger partial charge in [-0.1, -0.05) is 32.4 Å². The van der Waals surface area contributed by atoms with Crippen molar-refractivity contribution in [3.63, 3.8) is 0 Å². The summed E-state index contributed by atoms with van der Waals surface area (Å²) in [4.78, 5) is 26.9. The second-order valence-corrected chi connectivity index (χ2v) is 5.76. The van der Waals surface area contributed by atoms with E-state index in [0.717, 1.165) is 0 Å². The van der Waals surface area contributed by atoms with E-state index in [2.05, 4.69) is 10.3 Å². The Balaban J connectivity index is 3.20. The van der Waals surface area contributed by atoms with Gasteiger partial charge in [-0.2, -0.15) is 0 Å². The van der Waals surface area contributed by atoms with E-state index in [4.69, 9.17) is 16.7 Å². The van der Waals surface area contributed by atoms with Gasteiger partial charge in [-0.05, 0) is 11.6 Å². The number of hydrogen-bond acceptors (Lipinski definition) is 4. The molecule has 1 aromatic heterocycles. The first-order valence-corrected chi connectivity index (χ1v) is 6.35. The van der Waals surface area contributed by atoms with Gasteiger partial charge in [0.25, 0.3) is 0 Å². The molecule has 1 unspecified atom stereocenters. The van der Waals surface area contributed by atoms with E-state index in [1.54, 1.807) is 20.8 Å². The number of aliphatic carboxylic acids is 1. The third-order valence-corrected chi connectivity index (χ3v) is 2.89. The van der Waals surface area contributed by atoms with Gasteiger partial charge in [-0.15, -0.1) is 0 Å². The number of carboxylic acids is 1. The normalized spacial score (nSPS) is 12.8. The minimum absolute atomic E-state index is 0.0912. The Hall–Kier alpha value is -1.66. The number of anilines is 1. The van der Waals surface area contributed by atoms with Crippen LogP contribution in [0, 0.1) is 5.41 Å². The molecule has 0 aliphatic rings. The van der Waals surface area contributed by atoms with Crippen molar-refractivity contribution >= 4 is 29.2 Å². The first-order chi connectivity index (χ1) is 9.16. The number of hydrogen-bond donors (Lipinski definition) is 3. The van der Waals surface area contributed by atoms with Crippen molar-refractivity contribution < 1.29 is 19.8 Å². The van der Waals surface area contributed by atoms with Crippen LogP contribution in [0.1, 0.15) is 32.3 Å². The lowest BCUT2D eigenvalue weighted by Crippen LogP contribution is -2.29. The summed E-state index contributed by atoms with van der Waals surface area (Å²) in [6.45, 7) is 4.58. The molecule has 3 N–H and O–H groups in total. The molecule has 0 radical (unpaired) electrons. The van der Waals surface area contributed by atoms with Crippen molar-refractivity contribution in [3.05, 3.63) is 23.0 Å². The lowest BCUT2D eigenvalue weighted by atomic mass is 9.94. The summed E-state index contributed by atoms with van der Waals surface area (Å²) in [5, 5.41) is 21.0. The first kappa shape index (κ1) is 16.4. The van der Waals surface area contributed by atoms with E-state index in [9.17, 15) is 14.7 Å². The zero-order valence-corrected chi connectivity index (χ0v) is 12.2. The van der Waals surface area contributed by atoms with E-state index in [0.29, 0.717) is 0 Å². The molecular formula is C13H17ClN2O4. The topological polar surface area (TPSA) is 99.5 Å². The molecule has 1 amide bonds. The molecule has 0 saturated carbocycles. The van der Waals surface area contributed by atoms with Crippen LogP contribution in [0.5, 0.6) is 0 Å². The summed E-state index contributed by atoms with van der Waals surface area (Å²) in [6, 6.07) is 1.33. The molecule has 0 aromatic carbocycles. The monoisotopic (exact) mass is 300 g/mol. The molecule has 6 nitrogen and oxygen atoms in total. The predicted molar refractivity (Wildman–Crippen MR) is 74.8 cm³/mol. The number of carboxylic acid groups (broad SMARTS) is 1. The van der Waals surface area contributed by atoms with Crippen LogP contribution in [-0.2, 0) is 9.59 Å². The van der Waals surface area contributed by atoms with Crippen LogP contribution in [0.25, 0.3) is 0 Å². The van der Waals surface area contributed by atoms with Gasteiger partial charge in [0.2, 0.25) is 5.91 Å². The van der Waals surface area contributed by atoms with Gasteiger partial charge in [-0.3, -0.25) is 9.59 Å². The van der Waals surface area contributed by atoms with Crippen LogP contribution in [0.3, 0.4) is 0 Å². The average molecular weight is 301 g/mol. The molecule has 0 spiro atoms. The number of aliphatic hydroxyl groups excluding tert-OH is 1. The van der Waals surface area contributed by atoms with Crippen molar-refractivity contribution in [2.75, 3.05) is 11.9 Å². The van der Waals surface area contributed by atoms with Gasteiger partial charge in [0.05, 0.1) is 18.5 Å². The number of nitrogens with one attached hydrogen (secondary N) is 1. The maximum Gasteiger partial charge on any atom is 0.313 e. The summed E-state index contributed by atoms with van der Waals surface area (Å²) in [6.07, 6.45) is 1.28. The summed E-state index contributed by atoms with van der Waals surface area (Å²) in [7, 11) is 0. The van der Waals surface area contributed by atoms with Crippen molar-refractivity contribution in [2.24, 2.45) is 5.41 Å². The summed E-state index contributed by atoms with van der Waals surface area (Å²) in [5.74, 6) is -2.67. The molecule has 0 bridgehead atoms. The van der Waals surface area contributed by atoms with Crippen LogP contribution >= 0.6 is 11.6 Å². The third-order valence-electron chi connectivity index (χ3n) is 2.69. The lowest BCUT2D eigenvalue weighted by Gasteiger charge is -2.20. The predicted octanol–water partition coefficient (Wildman–Crippen LogP) is 1.88. The Bertz CT molecular complexity index is 526. The second-order valence-electron chi connectivity index (χ2n) is 5.37. The molecule has 0 saturated heterocycles. The minimum atomic E-state index is -1.21. The van der Waals surface area contributed by atoms with Crippen molar-refractivity contribution in [1.29, 1.82) is 0 Å². The highest BCUT2D eigenvalue weighted by atomic mass is 35.5. The second kappa shape index (κ2) is 6.19. The summed E-state index contributed by atoms with van der Waals surface area (Å²) in [5.41, 5.74) is -0.192. The number of amides is 1. The Morgan fingerprint density at radius 2 is 2.05 bits per heavy atom. The average Bonchev–Trinajstić information content (AvgIpc) is 2.31. The Kier molecular flexibility index (Phi) is 5.08. The number of aromatic nitrogens is 1. The fourth-order valence-electron chi connectivity index (χ4n) is 1.46. The van der Waals surface area contributed by atoms with Gasteiger partial charge in [0, 0.05) is 5.41 Å². The number of carbonyl (C=O) groups is 2. The van der Waals surface area contributed by atoms with E-state index in [-0.39, 0.29) is 22.3 Å². The maximum absolute atomic E-state index is 12.0. The molecular weight excluding hydrogens is 284 g/mol. The lowest BCUT2D eigenvalue weighted by molar-refractivity contribution is -0.139. The quantitative estimate of drug-likeness (QED) is 0.737. The standard InChI is InChI=1S/C13H17ClN2O4/c1-13(2,3)12(20)16-9-5-15-10(14)4-7(9)8(6-17)11(18)19/h4-5,8,17H,6H2,1-3H3,(H,16,20)(H,18,19). The number of carbonyl (C=O) groups excluding carboxylic acids is 1. The maximum atomic E-state index is 12.0. The fourth-order valence-corrected chi connectivity index (χ4v) is 1.62. The first-order valence-electron chi connectivity index (χ1n) is 5.97. The molecule has 0 aliphatic heterocycles. The SMILES string of the molecule is CC(C)(C)C(=O)Nc1cnc(Cl)cc1C(CO)C(=O)O. The van der Waals surface area contributed by atoms with E-state index in [1.807, 2.05) is 0 Å². The minimum Gasteiger partial charge on any atom is -0.481 e. The number of aliphatic hydroxyl groups is 1. The third kappa shape index (κ3) is 3.91. The zero-order valence-electron chi connectivity index (χ0n) is 11.5. The smallest absolute Gasteiger partial charge is 0.313 e. The molecule has 0 fully saturated rings. The molecule has 110 valence electrons. The number of halogens is 1. The van der Waals surface area contributed by atoms with E-state index < -0.39 is 23.9 Å². The van der Waals surface area contributed by atoms with Crippen LogP contribution in [0.15, 0.2) is 12.3 Å². The van der Waals surface area contributed by atoms with E-state index in [1.165, 1.54) is 12.3 Å². The summed E-state index contributed by atoms with van der Waals surface area (Å²) >= 11 is 5.75. The van der Waals surface area contributed by atoms with Crippen LogP contribution < -0.4 is 5.32 Å². The van der Waals surface area contributed by atoms with Gasteiger partial charge < -0.3 is 15.5 Å². The van der Waals surface area contributed by atoms with Crippen LogP contribution in [0.4, 0.5) is 5.69 Å². The molecule has 1 heterocycles. The highest BCUT2D eigenvalue weighted by Crippen LogP contribution is 2.28. The number of rotatable bonds is 4. The van der Waals surface area contributed by atoms with Crippen LogP contribution in [-0.4, -0.2) is 33.7 Å². The molecule has 7 heteroatoms.